The van der Waals surface area contributed by atoms with Crippen LogP contribution >= 0.6 is 0 Å². The van der Waals surface area contributed by atoms with Crippen LogP contribution in [0.3, 0.4) is 0 Å². The Hall–Kier alpha value is -3.92. The Kier molecular flexibility index (Phi) is 4.52. The first-order chi connectivity index (χ1) is 14.8. The van der Waals surface area contributed by atoms with Crippen LogP contribution in [0.5, 0.6) is 0 Å². The number of hydrogen-bond acceptors (Lipinski definition) is 5. The van der Waals surface area contributed by atoms with Gasteiger partial charge in [-0.15, -0.1) is 0 Å². The second kappa shape index (κ2) is 7.48. The first-order valence-corrected chi connectivity index (χ1v) is 10.0. The van der Waals surface area contributed by atoms with E-state index >= 15 is 0 Å². The summed E-state index contributed by atoms with van der Waals surface area (Å²) in [6.45, 7) is 0.740. The zero-order chi connectivity index (χ0) is 20.5. The first kappa shape index (κ1) is 18.1. The zero-order valence-corrected chi connectivity index (χ0v) is 16.3. The maximum atomic E-state index is 12.8. The molecule has 1 aliphatic heterocycles. The molecule has 0 spiro atoms. The maximum Gasteiger partial charge on any atom is 0.263 e. The van der Waals surface area contributed by atoms with Crippen molar-refractivity contribution >= 4 is 17.0 Å². The predicted molar refractivity (Wildman–Crippen MR) is 115 cm³/mol. The van der Waals surface area contributed by atoms with Crippen molar-refractivity contribution in [2.45, 2.75) is 24.8 Å². The molecule has 2 unspecified atom stereocenters. The van der Waals surface area contributed by atoms with Crippen LogP contribution in [0.4, 0.5) is 5.95 Å². The van der Waals surface area contributed by atoms with Gasteiger partial charge < -0.3 is 4.90 Å². The number of nitrogens with zero attached hydrogens (tertiary/aromatic N) is 5. The highest BCUT2D eigenvalue weighted by molar-refractivity contribution is 5.76. The molecule has 0 aliphatic carbocycles. The molecule has 30 heavy (non-hydrogen) atoms. The molecule has 2 atom stereocenters. The number of nitrogens with one attached hydrogen (secondary N) is 1. The number of H-pyrrole nitrogens is 1. The number of nitriles is 1. The van der Waals surface area contributed by atoms with E-state index in [2.05, 4.69) is 21.1 Å². The number of aromatic nitrogens is 4. The summed E-state index contributed by atoms with van der Waals surface area (Å²) in [7, 11) is 0. The summed E-state index contributed by atoms with van der Waals surface area (Å²) in [5.74, 6) is 0.192. The van der Waals surface area contributed by atoms with E-state index in [-0.39, 0.29) is 17.5 Å². The van der Waals surface area contributed by atoms with Gasteiger partial charge in [-0.2, -0.15) is 15.3 Å². The van der Waals surface area contributed by atoms with Crippen molar-refractivity contribution in [3.8, 4) is 11.8 Å². The molecule has 1 fully saturated rings. The fourth-order valence-electron chi connectivity index (χ4n) is 4.25. The summed E-state index contributed by atoms with van der Waals surface area (Å²) in [5.41, 5.74) is 2.11. The third-order valence-corrected chi connectivity index (χ3v) is 5.68. The fraction of sp³-hybridized carbons (Fsp3) is 0.217. The molecule has 0 radical (unpaired) electrons. The SMILES string of the molecule is N#CC(c1ccccc1)C1CCCN1c1nc2c(cnn2-c2ccccc2)c(=O)[nH]1. The third kappa shape index (κ3) is 3.03. The normalized spacial score (nSPS) is 17.2. The number of hydrogen-bond donors (Lipinski definition) is 1. The Morgan fingerprint density at radius 3 is 2.57 bits per heavy atom. The number of aromatic amines is 1. The maximum absolute atomic E-state index is 12.8. The molecule has 1 aliphatic rings. The average Bonchev–Trinajstić information content (AvgIpc) is 3.43. The van der Waals surface area contributed by atoms with E-state index in [1.165, 1.54) is 0 Å². The number of rotatable bonds is 4. The quantitative estimate of drug-likeness (QED) is 0.571. The standard InChI is InChI=1S/C23H20N6O/c24-14-18(16-8-3-1-4-9-16)20-12-7-13-28(20)23-26-21-19(22(30)27-23)15-25-29(21)17-10-5-2-6-11-17/h1-6,8-11,15,18,20H,7,12-13H2,(H,26,27,30). The molecule has 5 rings (SSSR count). The van der Waals surface area contributed by atoms with E-state index in [4.69, 9.17) is 4.98 Å². The molecule has 4 aromatic rings. The van der Waals surface area contributed by atoms with Crippen molar-refractivity contribution in [2.75, 3.05) is 11.4 Å². The van der Waals surface area contributed by atoms with Crippen LogP contribution in [0.15, 0.2) is 71.7 Å². The van der Waals surface area contributed by atoms with Crippen molar-refractivity contribution in [1.29, 1.82) is 5.26 Å². The lowest BCUT2D eigenvalue weighted by atomic mass is 9.91. The van der Waals surface area contributed by atoms with Crippen LogP contribution in [0, 0.1) is 11.3 Å². The summed E-state index contributed by atoms with van der Waals surface area (Å²) in [6, 6.07) is 21.8. The lowest BCUT2D eigenvalue weighted by molar-refractivity contribution is 0.602. The van der Waals surface area contributed by atoms with Gasteiger partial charge in [0, 0.05) is 6.54 Å². The molecule has 7 nitrogen and oxygen atoms in total. The molecule has 0 amide bonds. The fourth-order valence-corrected chi connectivity index (χ4v) is 4.25. The number of anilines is 1. The predicted octanol–water partition coefficient (Wildman–Crippen LogP) is 3.38. The lowest BCUT2D eigenvalue weighted by Crippen LogP contribution is -2.36. The van der Waals surface area contributed by atoms with Gasteiger partial charge in [0.05, 0.1) is 29.9 Å². The van der Waals surface area contributed by atoms with Crippen LogP contribution in [-0.4, -0.2) is 32.3 Å². The highest BCUT2D eigenvalue weighted by Crippen LogP contribution is 2.33. The van der Waals surface area contributed by atoms with E-state index in [9.17, 15) is 10.1 Å². The minimum Gasteiger partial charge on any atom is -0.338 e. The van der Waals surface area contributed by atoms with Crippen molar-refractivity contribution in [3.63, 3.8) is 0 Å². The van der Waals surface area contributed by atoms with Gasteiger partial charge in [0.2, 0.25) is 5.95 Å². The lowest BCUT2D eigenvalue weighted by Gasteiger charge is -2.28. The Balaban J connectivity index is 1.59. The minimum absolute atomic E-state index is 0.0499. The van der Waals surface area contributed by atoms with Crippen LogP contribution in [0.1, 0.15) is 24.3 Å². The van der Waals surface area contributed by atoms with Crippen molar-refractivity contribution < 1.29 is 0 Å². The van der Waals surface area contributed by atoms with E-state index in [0.717, 1.165) is 30.6 Å². The Morgan fingerprint density at radius 2 is 1.83 bits per heavy atom. The molecule has 3 heterocycles. The molecule has 0 saturated carbocycles. The second-order valence-corrected chi connectivity index (χ2v) is 7.44. The third-order valence-electron chi connectivity index (χ3n) is 5.68. The zero-order valence-electron chi connectivity index (χ0n) is 16.3. The number of benzene rings is 2. The van der Waals surface area contributed by atoms with Gasteiger partial charge in [0.25, 0.3) is 5.56 Å². The van der Waals surface area contributed by atoms with Gasteiger partial charge in [0.15, 0.2) is 5.65 Å². The summed E-state index contributed by atoms with van der Waals surface area (Å²) in [4.78, 5) is 22.5. The summed E-state index contributed by atoms with van der Waals surface area (Å²) >= 11 is 0. The van der Waals surface area contributed by atoms with Crippen LogP contribution < -0.4 is 10.5 Å². The van der Waals surface area contributed by atoms with Crippen LogP contribution in [0.2, 0.25) is 0 Å². The van der Waals surface area contributed by atoms with Crippen molar-refractivity contribution in [1.82, 2.24) is 19.7 Å². The summed E-state index contributed by atoms with van der Waals surface area (Å²) in [6.07, 6.45) is 3.35. The monoisotopic (exact) mass is 396 g/mol. The van der Waals surface area contributed by atoms with E-state index < -0.39 is 0 Å². The highest BCUT2D eigenvalue weighted by atomic mass is 16.1. The van der Waals surface area contributed by atoms with Gasteiger partial charge in [-0.1, -0.05) is 48.5 Å². The van der Waals surface area contributed by atoms with E-state index in [0.29, 0.717) is 17.0 Å². The van der Waals surface area contributed by atoms with E-state index in [1.54, 1.807) is 10.9 Å². The van der Waals surface area contributed by atoms with Gasteiger partial charge >= 0.3 is 0 Å². The Morgan fingerprint density at radius 1 is 1.10 bits per heavy atom. The number of para-hydroxylation sites is 1. The van der Waals surface area contributed by atoms with Crippen molar-refractivity contribution in [3.05, 3.63) is 82.8 Å². The first-order valence-electron chi connectivity index (χ1n) is 10.0. The molecular weight excluding hydrogens is 376 g/mol. The second-order valence-electron chi connectivity index (χ2n) is 7.44. The molecule has 148 valence electrons. The molecule has 1 N–H and O–H groups in total. The molecule has 1 saturated heterocycles. The summed E-state index contributed by atoms with van der Waals surface area (Å²) in [5, 5.41) is 14.7. The van der Waals surface area contributed by atoms with E-state index in [1.807, 2.05) is 60.7 Å². The minimum atomic E-state index is -0.297. The highest BCUT2D eigenvalue weighted by Gasteiger charge is 2.34. The largest absolute Gasteiger partial charge is 0.338 e. The topological polar surface area (TPSA) is 90.6 Å². The van der Waals surface area contributed by atoms with Crippen LogP contribution in [0.25, 0.3) is 16.7 Å². The van der Waals surface area contributed by atoms with Gasteiger partial charge in [0.1, 0.15) is 5.39 Å². The van der Waals surface area contributed by atoms with Crippen LogP contribution in [-0.2, 0) is 0 Å². The van der Waals surface area contributed by atoms with Crippen molar-refractivity contribution in [2.24, 2.45) is 0 Å². The molecule has 0 bridgehead atoms. The molecule has 7 heteroatoms. The number of fused-ring (bicyclic) bond motifs is 1. The average molecular weight is 396 g/mol. The molecule has 2 aromatic carbocycles. The van der Waals surface area contributed by atoms with Gasteiger partial charge in [-0.05, 0) is 30.5 Å². The molecular formula is C23H20N6O. The Bertz CT molecular complexity index is 1270. The summed E-state index contributed by atoms with van der Waals surface area (Å²) < 4.78 is 1.68. The van der Waals surface area contributed by atoms with Gasteiger partial charge in [-0.25, -0.2) is 4.68 Å². The smallest absolute Gasteiger partial charge is 0.263 e. The Labute approximate surface area is 173 Å². The van der Waals surface area contributed by atoms with Gasteiger partial charge in [-0.3, -0.25) is 9.78 Å². The molecule has 2 aromatic heterocycles.